The van der Waals surface area contributed by atoms with Gasteiger partial charge in [0.1, 0.15) is 0 Å². The van der Waals surface area contributed by atoms with E-state index in [2.05, 4.69) is 20.3 Å². The molecule has 0 spiro atoms. The molecule has 0 saturated heterocycles. The van der Waals surface area contributed by atoms with Crippen LogP contribution in [0.4, 0.5) is 11.9 Å². The molecule has 0 amide bonds. The van der Waals surface area contributed by atoms with Gasteiger partial charge in [0.15, 0.2) is 0 Å². The molecule has 0 aliphatic rings. The second-order valence-electron chi connectivity index (χ2n) is 4.15. The first kappa shape index (κ1) is 14.4. The number of aromatic nitrogens is 3. The second kappa shape index (κ2) is 6.31. The first-order valence-electron chi connectivity index (χ1n) is 5.67. The SMILES string of the molecule is CCCOc1nc(N)nc(NC(C)(CO)CO)n1. The van der Waals surface area contributed by atoms with Gasteiger partial charge in [0.2, 0.25) is 11.9 Å². The number of nitrogens with two attached hydrogens (primary N) is 1. The molecular formula is C10H19N5O3. The van der Waals surface area contributed by atoms with Crippen molar-refractivity contribution in [3.63, 3.8) is 0 Å². The first-order chi connectivity index (χ1) is 8.53. The average molecular weight is 257 g/mol. The fourth-order valence-corrected chi connectivity index (χ4v) is 1.08. The van der Waals surface area contributed by atoms with Crippen molar-refractivity contribution in [2.75, 3.05) is 30.9 Å². The van der Waals surface area contributed by atoms with Crippen LogP contribution in [0.1, 0.15) is 20.3 Å². The van der Waals surface area contributed by atoms with Crippen LogP contribution >= 0.6 is 0 Å². The summed E-state index contributed by atoms with van der Waals surface area (Å²) in [6, 6.07) is 0.116. The minimum absolute atomic E-state index is 0.0110. The molecule has 18 heavy (non-hydrogen) atoms. The molecule has 1 rings (SSSR count). The Labute approximate surface area is 105 Å². The van der Waals surface area contributed by atoms with Crippen LogP contribution in [0.5, 0.6) is 6.01 Å². The first-order valence-corrected chi connectivity index (χ1v) is 5.67. The Morgan fingerprint density at radius 2 is 1.94 bits per heavy atom. The highest BCUT2D eigenvalue weighted by Crippen LogP contribution is 2.14. The minimum atomic E-state index is -0.935. The van der Waals surface area contributed by atoms with E-state index in [1.165, 1.54) is 0 Å². The molecule has 0 aliphatic carbocycles. The lowest BCUT2D eigenvalue weighted by atomic mass is 10.1. The van der Waals surface area contributed by atoms with E-state index in [0.29, 0.717) is 6.61 Å². The molecule has 0 unspecified atom stereocenters. The van der Waals surface area contributed by atoms with Crippen molar-refractivity contribution in [2.24, 2.45) is 0 Å². The molecule has 1 aromatic rings. The van der Waals surface area contributed by atoms with Gasteiger partial charge in [0.05, 0.1) is 25.4 Å². The molecule has 0 radical (unpaired) electrons. The summed E-state index contributed by atoms with van der Waals surface area (Å²) in [7, 11) is 0. The fourth-order valence-electron chi connectivity index (χ4n) is 1.08. The molecule has 8 heteroatoms. The summed E-state index contributed by atoms with van der Waals surface area (Å²) in [6.45, 7) is 3.50. The van der Waals surface area contributed by atoms with Gasteiger partial charge in [-0.2, -0.15) is 15.0 Å². The number of aliphatic hydroxyl groups excluding tert-OH is 2. The summed E-state index contributed by atoms with van der Waals surface area (Å²) in [5, 5.41) is 21.1. The van der Waals surface area contributed by atoms with Gasteiger partial charge in [-0.05, 0) is 13.3 Å². The lowest BCUT2D eigenvalue weighted by Crippen LogP contribution is -2.43. The van der Waals surface area contributed by atoms with E-state index in [1.807, 2.05) is 6.92 Å². The number of nitrogens with zero attached hydrogens (tertiary/aromatic N) is 3. The van der Waals surface area contributed by atoms with E-state index >= 15 is 0 Å². The Balaban J connectivity index is 2.85. The molecule has 0 aromatic carbocycles. The highest BCUT2D eigenvalue weighted by atomic mass is 16.5. The number of aliphatic hydroxyl groups is 2. The van der Waals surface area contributed by atoms with Crippen LogP contribution in [0.25, 0.3) is 0 Å². The van der Waals surface area contributed by atoms with Gasteiger partial charge in [-0.3, -0.25) is 0 Å². The Bertz CT molecular complexity index is 384. The highest BCUT2D eigenvalue weighted by molar-refractivity contribution is 5.35. The zero-order chi connectivity index (χ0) is 13.6. The molecule has 5 N–H and O–H groups in total. The van der Waals surface area contributed by atoms with E-state index in [4.69, 9.17) is 10.5 Å². The summed E-state index contributed by atoms with van der Waals surface area (Å²) >= 11 is 0. The number of anilines is 2. The van der Waals surface area contributed by atoms with Crippen LogP contribution in [0.15, 0.2) is 0 Å². The number of hydrogen-bond acceptors (Lipinski definition) is 8. The molecule has 0 atom stereocenters. The molecule has 1 heterocycles. The molecule has 1 aromatic heterocycles. The van der Waals surface area contributed by atoms with E-state index in [-0.39, 0.29) is 31.1 Å². The lowest BCUT2D eigenvalue weighted by Gasteiger charge is -2.26. The van der Waals surface area contributed by atoms with Crippen molar-refractivity contribution < 1.29 is 14.9 Å². The smallest absolute Gasteiger partial charge is 0.323 e. The van der Waals surface area contributed by atoms with Crippen molar-refractivity contribution in [2.45, 2.75) is 25.8 Å². The van der Waals surface area contributed by atoms with Crippen LogP contribution in [0, 0.1) is 0 Å². The molecule has 102 valence electrons. The molecule has 8 nitrogen and oxygen atoms in total. The largest absolute Gasteiger partial charge is 0.463 e. The van der Waals surface area contributed by atoms with Crippen LogP contribution < -0.4 is 15.8 Å². The minimum Gasteiger partial charge on any atom is -0.463 e. The van der Waals surface area contributed by atoms with E-state index in [1.54, 1.807) is 6.92 Å². The maximum atomic E-state index is 9.17. The van der Waals surface area contributed by atoms with E-state index in [0.717, 1.165) is 6.42 Å². The van der Waals surface area contributed by atoms with Gasteiger partial charge in [-0.15, -0.1) is 0 Å². The Morgan fingerprint density at radius 3 is 2.50 bits per heavy atom. The maximum absolute atomic E-state index is 9.17. The van der Waals surface area contributed by atoms with Crippen molar-refractivity contribution in [3.8, 4) is 6.01 Å². The zero-order valence-corrected chi connectivity index (χ0v) is 10.6. The van der Waals surface area contributed by atoms with Gasteiger partial charge < -0.3 is 26.0 Å². The standard InChI is InChI=1S/C10H19N5O3/c1-3-4-18-9-13-7(11)12-8(14-9)15-10(2,5-16)6-17/h16-17H,3-6H2,1-2H3,(H3,11,12,13,14,15). The third-order valence-electron chi connectivity index (χ3n) is 2.18. The number of hydrogen-bond donors (Lipinski definition) is 4. The van der Waals surface area contributed by atoms with Gasteiger partial charge in [-0.1, -0.05) is 6.92 Å². The van der Waals surface area contributed by atoms with Crippen LogP contribution in [-0.4, -0.2) is 50.5 Å². The molecule has 0 bridgehead atoms. The van der Waals surface area contributed by atoms with Gasteiger partial charge >= 0.3 is 6.01 Å². The third kappa shape index (κ3) is 3.97. The zero-order valence-electron chi connectivity index (χ0n) is 10.6. The summed E-state index contributed by atoms with van der Waals surface area (Å²) < 4.78 is 5.25. The molecule has 0 fully saturated rings. The summed E-state index contributed by atoms with van der Waals surface area (Å²) in [5.41, 5.74) is 4.59. The van der Waals surface area contributed by atoms with Crippen molar-refractivity contribution in [1.82, 2.24) is 15.0 Å². The van der Waals surface area contributed by atoms with E-state index in [9.17, 15) is 10.2 Å². The normalized spacial score (nSPS) is 11.3. The van der Waals surface area contributed by atoms with Crippen LogP contribution in [0.2, 0.25) is 0 Å². The van der Waals surface area contributed by atoms with E-state index < -0.39 is 5.54 Å². The number of rotatable bonds is 7. The van der Waals surface area contributed by atoms with Gasteiger partial charge in [0.25, 0.3) is 0 Å². The Morgan fingerprint density at radius 1 is 1.28 bits per heavy atom. The van der Waals surface area contributed by atoms with Crippen molar-refractivity contribution in [3.05, 3.63) is 0 Å². The topological polar surface area (TPSA) is 126 Å². The Hall–Kier alpha value is -1.67. The van der Waals surface area contributed by atoms with Gasteiger partial charge in [-0.25, -0.2) is 0 Å². The van der Waals surface area contributed by atoms with Gasteiger partial charge in [0, 0.05) is 0 Å². The summed E-state index contributed by atoms with van der Waals surface area (Å²) in [5.74, 6) is 0.163. The fraction of sp³-hybridized carbons (Fsp3) is 0.700. The molecular weight excluding hydrogens is 238 g/mol. The quantitative estimate of drug-likeness (QED) is 0.510. The number of nitrogen functional groups attached to an aromatic ring is 1. The number of nitrogens with one attached hydrogen (secondary N) is 1. The third-order valence-corrected chi connectivity index (χ3v) is 2.18. The summed E-state index contributed by atoms with van der Waals surface area (Å²) in [4.78, 5) is 11.7. The van der Waals surface area contributed by atoms with Crippen molar-refractivity contribution >= 4 is 11.9 Å². The monoisotopic (exact) mass is 257 g/mol. The molecule has 0 saturated carbocycles. The number of ether oxygens (including phenoxy) is 1. The second-order valence-corrected chi connectivity index (χ2v) is 4.15. The maximum Gasteiger partial charge on any atom is 0.323 e. The lowest BCUT2D eigenvalue weighted by molar-refractivity contribution is 0.147. The van der Waals surface area contributed by atoms with Crippen LogP contribution in [0.3, 0.4) is 0 Å². The average Bonchev–Trinajstić information content (AvgIpc) is 2.35. The predicted molar refractivity (Wildman–Crippen MR) is 66.2 cm³/mol. The van der Waals surface area contributed by atoms with Crippen molar-refractivity contribution in [1.29, 1.82) is 0 Å². The van der Waals surface area contributed by atoms with Crippen LogP contribution in [-0.2, 0) is 0 Å². The highest BCUT2D eigenvalue weighted by Gasteiger charge is 2.23. The summed E-state index contributed by atoms with van der Waals surface area (Å²) in [6.07, 6.45) is 0.819. The Kier molecular flexibility index (Phi) is 5.05. The molecule has 0 aliphatic heterocycles. The predicted octanol–water partition coefficient (Wildman–Crippen LogP) is -0.602.